The van der Waals surface area contributed by atoms with Gasteiger partial charge in [-0.05, 0) is 35.8 Å². The molecular formula is C9H10BrFO. The predicted octanol–water partition coefficient (Wildman–Crippen LogP) is 3.36. The summed E-state index contributed by atoms with van der Waals surface area (Å²) in [7, 11) is 0. The van der Waals surface area contributed by atoms with Gasteiger partial charge in [0.15, 0.2) is 0 Å². The van der Waals surface area contributed by atoms with E-state index in [9.17, 15) is 9.50 Å². The van der Waals surface area contributed by atoms with Crippen LogP contribution in [0.3, 0.4) is 0 Å². The molecule has 0 amide bonds. The molecule has 0 unspecified atom stereocenters. The van der Waals surface area contributed by atoms with Gasteiger partial charge in [-0.2, -0.15) is 0 Å². The first-order valence-electron chi connectivity index (χ1n) is 3.60. The smallest absolute Gasteiger partial charge is 0.136 e. The molecule has 1 nitrogen and oxygen atoms in total. The highest BCUT2D eigenvalue weighted by Crippen LogP contribution is 2.36. The molecule has 1 aromatic carbocycles. The van der Waals surface area contributed by atoms with Crippen LogP contribution in [0.5, 0.6) is 5.75 Å². The Kier molecular flexibility index (Phi) is 2.42. The molecule has 0 radical (unpaired) electrons. The minimum absolute atomic E-state index is 0.0231. The lowest BCUT2D eigenvalue weighted by Gasteiger charge is -2.16. The summed E-state index contributed by atoms with van der Waals surface area (Å²) in [6.07, 6.45) is 0. The molecule has 0 bridgehead atoms. The van der Waals surface area contributed by atoms with Crippen LogP contribution in [-0.2, 0) is 5.67 Å². The van der Waals surface area contributed by atoms with E-state index >= 15 is 0 Å². The average molecular weight is 233 g/mol. The van der Waals surface area contributed by atoms with E-state index in [-0.39, 0.29) is 5.75 Å². The Balaban J connectivity index is 3.26. The molecule has 1 N–H and O–H groups in total. The SMILES string of the molecule is CC(C)(F)c1cccc(Br)c1O. The van der Waals surface area contributed by atoms with Gasteiger partial charge in [-0.15, -0.1) is 0 Å². The van der Waals surface area contributed by atoms with Gasteiger partial charge >= 0.3 is 0 Å². The summed E-state index contributed by atoms with van der Waals surface area (Å²) in [4.78, 5) is 0. The maximum atomic E-state index is 13.4. The number of phenols is 1. The molecule has 0 heterocycles. The maximum absolute atomic E-state index is 13.4. The lowest BCUT2D eigenvalue weighted by atomic mass is 9.99. The molecule has 12 heavy (non-hydrogen) atoms. The van der Waals surface area contributed by atoms with E-state index in [0.717, 1.165) is 0 Å². The molecule has 0 aliphatic rings. The lowest BCUT2D eigenvalue weighted by molar-refractivity contribution is 0.214. The van der Waals surface area contributed by atoms with Crippen molar-refractivity contribution in [1.82, 2.24) is 0 Å². The molecule has 0 fully saturated rings. The molecule has 1 aromatic rings. The molecule has 66 valence electrons. The highest BCUT2D eigenvalue weighted by Gasteiger charge is 2.23. The zero-order valence-electron chi connectivity index (χ0n) is 6.94. The Bertz CT molecular complexity index is 291. The number of rotatable bonds is 1. The van der Waals surface area contributed by atoms with E-state index in [1.54, 1.807) is 18.2 Å². The van der Waals surface area contributed by atoms with E-state index in [0.29, 0.717) is 10.0 Å². The van der Waals surface area contributed by atoms with Gasteiger partial charge in [-0.3, -0.25) is 0 Å². The number of benzene rings is 1. The average Bonchev–Trinajstić information content (AvgIpc) is 1.92. The van der Waals surface area contributed by atoms with Crippen LogP contribution in [0.15, 0.2) is 22.7 Å². The Hall–Kier alpha value is -0.570. The van der Waals surface area contributed by atoms with Crippen molar-refractivity contribution in [3.8, 4) is 5.75 Å². The zero-order chi connectivity index (χ0) is 9.35. The van der Waals surface area contributed by atoms with Crippen LogP contribution in [0.4, 0.5) is 4.39 Å². The van der Waals surface area contributed by atoms with Gasteiger partial charge in [0.1, 0.15) is 11.4 Å². The first-order valence-corrected chi connectivity index (χ1v) is 4.39. The largest absolute Gasteiger partial charge is 0.506 e. The molecule has 0 aliphatic heterocycles. The van der Waals surface area contributed by atoms with E-state index in [1.807, 2.05) is 0 Å². The van der Waals surface area contributed by atoms with Crippen molar-refractivity contribution in [3.63, 3.8) is 0 Å². The van der Waals surface area contributed by atoms with Crippen LogP contribution in [0, 0.1) is 0 Å². The van der Waals surface area contributed by atoms with Crippen molar-refractivity contribution in [2.75, 3.05) is 0 Å². The fraction of sp³-hybridized carbons (Fsp3) is 0.333. The van der Waals surface area contributed by atoms with Crippen LogP contribution in [-0.4, -0.2) is 5.11 Å². The van der Waals surface area contributed by atoms with Gasteiger partial charge in [0.2, 0.25) is 0 Å². The fourth-order valence-electron chi connectivity index (χ4n) is 0.995. The third kappa shape index (κ3) is 1.78. The Morgan fingerprint density at radius 2 is 2.00 bits per heavy atom. The van der Waals surface area contributed by atoms with Gasteiger partial charge in [0.05, 0.1) is 4.47 Å². The second-order valence-corrected chi connectivity index (χ2v) is 3.96. The number of hydrogen-bond donors (Lipinski definition) is 1. The monoisotopic (exact) mass is 232 g/mol. The summed E-state index contributed by atoms with van der Waals surface area (Å²) in [6.45, 7) is 2.82. The maximum Gasteiger partial charge on any atom is 0.136 e. The lowest BCUT2D eigenvalue weighted by Crippen LogP contribution is -2.09. The molecule has 0 aromatic heterocycles. The number of alkyl halides is 1. The molecule has 0 spiro atoms. The Morgan fingerprint density at radius 3 is 2.42 bits per heavy atom. The fourth-order valence-corrected chi connectivity index (χ4v) is 1.36. The van der Waals surface area contributed by atoms with Crippen molar-refractivity contribution in [2.24, 2.45) is 0 Å². The summed E-state index contributed by atoms with van der Waals surface area (Å²) in [6, 6.07) is 4.94. The van der Waals surface area contributed by atoms with Gasteiger partial charge < -0.3 is 5.11 Å². The van der Waals surface area contributed by atoms with Crippen LogP contribution in [0.2, 0.25) is 0 Å². The van der Waals surface area contributed by atoms with Crippen LogP contribution in [0.1, 0.15) is 19.4 Å². The van der Waals surface area contributed by atoms with Gasteiger partial charge in [-0.1, -0.05) is 12.1 Å². The highest BCUT2D eigenvalue weighted by molar-refractivity contribution is 9.10. The van der Waals surface area contributed by atoms with Crippen LogP contribution < -0.4 is 0 Å². The van der Waals surface area contributed by atoms with Crippen molar-refractivity contribution in [2.45, 2.75) is 19.5 Å². The van der Waals surface area contributed by atoms with E-state index in [1.165, 1.54) is 13.8 Å². The van der Waals surface area contributed by atoms with Crippen LogP contribution >= 0.6 is 15.9 Å². The number of hydrogen-bond acceptors (Lipinski definition) is 1. The predicted molar refractivity (Wildman–Crippen MR) is 49.9 cm³/mol. The molecular weight excluding hydrogens is 223 g/mol. The minimum atomic E-state index is -1.51. The first-order chi connectivity index (χ1) is 5.43. The standard InChI is InChI=1S/C9H10BrFO/c1-9(2,11)6-4-3-5-7(10)8(6)12/h3-5,12H,1-2H3. The minimum Gasteiger partial charge on any atom is -0.506 e. The first kappa shape index (κ1) is 9.52. The molecule has 1 rings (SSSR count). The van der Waals surface area contributed by atoms with Crippen molar-refractivity contribution in [1.29, 1.82) is 0 Å². The zero-order valence-corrected chi connectivity index (χ0v) is 8.52. The van der Waals surface area contributed by atoms with E-state index < -0.39 is 5.67 Å². The second-order valence-electron chi connectivity index (χ2n) is 3.11. The number of aromatic hydroxyl groups is 1. The second kappa shape index (κ2) is 3.05. The summed E-state index contributed by atoms with van der Waals surface area (Å²) < 4.78 is 13.9. The van der Waals surface area contributed by atoms with Crippen LogP contribution in [0.25, 0.3) is 0 Å². The molecule has 0 atom stereocenters. The quantitative estimate of drug-likeness (QED) is 0.788. The third-order valence-corrected chi connectivity index (χ3v) is 2.27. The Morgan fingerprint density at radius 1 is 1.42 bits per heavy atom. The summed E-state index contributed by atoms with van der Waals surface area (Å²) >= 11 is 3.12. The van der Waals surface area contributed by atoms with Gasteiger partial charge in [0.25, 0.3) is 0 Å². The van der Waals surface area contributed by atoms with E-state index in [2.05, 4.69) is 15.9 Å². The number of para-hydroxylation sites is 1. The molecule has 0 saturated heterocycles. The number of halogens is 2. The summed E-state index contributed by atoms with van der Waals surface area (Å²) in [5, 5.41) is 9.45. The number of phenolic OH excluding ortho intramolecular Hbond substituents is 1. The topological polar surface area (TPSA) is 20.2 Å². The van der Waals surface area contributed by atoms with Crippen molar-refractivity contribution in [3.05, 3.63) is 28.2 Å². The molecule has 0 saturated carbocycles. The summed E-state index contributed by atoms with van der Waals surface area (Å²) in [5.41, 5.74) is -1.20. The van der Waals surface area contributed by atoms with E-state index in [4.69, 9.17) is 0 Å². The summed E-state index contributed by atoms with van der Waals surface area (Å²) in [5.74, 6) is -0.0231. The third-order valence-electron chi connectivity index (χ3n) is 1.63. The molecule has 3 heteroatoms. The van der Waals surface area contributed by atoms with Gasteiger partial charge in [0, 0.05) is 5.56 Å². The van der Waals surface area contributed by atoms with Gasteiger partial charge in [-0.25, -0.2) is 4.39 Å². The Labute approximate surface area is 79.4 Å². The van der Waals surface area contributed by atoms with Crippen molar-refractivity contribution < 1.29 is 9.50 Å². The highest BCUT2D eigenvalue weighted by atomic mass is 79.9. The van der Waals surface area contributed by atoms with Crippen molar-refractivity contribution >= 4 is 15.9 Å². The normalized spacial score (nSPS) is 11.7. The molecule has 0 aliphatic carbocycles.